The smallest absolute Gasteiger partial charge is 0.312 e. The van der Waals surface area contributed by atoms with Crippen LogP contribution in [0.3, 0.4) is 0 Å². The van der Waals surface area contributed by atoms with Gasteiger partial charge in [0.25, 0.3) is 0 Å². The topological polar surface area (TPSA) is 230 Å². The van der Waals surface area contributed by atoms with Gasteiger partial charge in [-0.25, -0.2) is 19.7 Å². The third-order valence-corrected chi connectivity index (χ3v) is 5.10. The molecule has 10 N–H and O–H groups in total. The Morgan fingerprint density at radius 2 is 2.06 bits per heavy atom. The van der Waals surface area contributed by atoms with Crippen LogP contribution in [-0.4, -0.2) is 79.1 Å². The molecule has 1 saturated heterocycles. The van der Waals surface area contributed by atoms with E-state index in [2.05, 4.69) is 25.6 Å². The van der Waals surface area contributed by atoms with Gasteiger partial charge >= 0.3 is 6.03 Å². The van der Waals surface area contributed by atoms with E-state index in [9.17, 15) is 19.8 Å². The number of nitrogens with one attached hydrogen (secondary N) is 2. The number of aromatic nitrogens is 4. The minimum Gasteiger partial charge on any atom is -0.394 e. The summed E-state index contributed by atoms with van der Waals surface area (Å²) < 4.78 is 7.23. The number of aliphatic hydroxyl groups is 2. The lowest BCUT2D eigenvalue weighted by atomic mass is 10.0. The lowest BCUT2D eigenvalue weighted by molar-refractivity contribution is -0.124. The molecule has 2 aromatic rings. The summed E-state index contributed by atoms with van der Waals surface area (Å²) in [5.41, 5.74) is 17.4. The van der Waals surface area contributed by atoms with E-state index in [4.69, 9.17) is 21.9 Å². The molecule has 0 aromatic carbocycles. The van der Waals surface area contributed by atoms with Crippen LogP contribution < -0.4 is 27.8 Å². The Balaban J connectivity index is 1.62. The molecule has 3 rings (SSSR count). The number of rotatable bonds is 9. The number of carbonyl (C=O) groups is 2. The number of primary amides is 1. The molecule has 0 unspecified atom stereocenters. The van der Waals surface area contributed by atoms with Crippen LogP contribution in [0.2, 0.25) is 0 Å². The highest BCUT2D eigenvalue weighted by atomic mass is 16.5. The average molecular weight is 437 g/mol. The Morgan fingerprint density at radius 3 is 2.77 bits per heavy atom. The molecule has 5 atom stereocenters. The number of unbranched alkanes of at least 4 members (excludes halogenated alkanes) is 1. The first-order valence-corrected chi connectivity index (χ1v) is 9.80. The number of nitrogen functional groups attached to an aromatic ring is 1. The molecule has 1 fully saturated rings. The molecule has 3 heterocycles. The van der Waals surface area contributed by atoms with E-state index in [0.717, 1.165) is 0 Å². The van der Waals surface area contributed by atoms with E-state index in [1.807, 2.05) is 0 Å². The van der Waals surface area contributed by atoms with Gasteiger partial charge in [0.2, 0.25) is 5.91 Å². The predicted octanol–water partition coefficient (Wildman–Crippen LogP) is -2.69. The molecule has 0 aliphatic carbocycles. The second-order valence-electron chi connectivity index (χ2n) is 7.25. The maximum absolute atomic E-state index is 12.5. The second kappa shape index (κ2) is 9.82. The summed E-state index contributed by atoms with van der Waals surface area (Å²) >= 11 is 0. The van der Waals surface area contributed by atoms with Crippen molar-refractivity contribution < 1.29 is 24.5 Å². The zero-order valence-electron chi connectivity index (χ0n) is 16.7. The molecule has 14 heteroatoms. The standard InChI is InChI=1S/C17H27N9O5/c18-8(3-1-2-4-21-17(20)30)15(29)25-10-9(5-27)31-16(12(10)28)26-7-24-11-13(19)22-6-23-14(11)26/h6-10,12,16,27-28H,1-5,18H2,(H,25,29)(H2,19,22,23)(H3,20,21,30)/t8-,9-,10-,12-,16-/m1/s1. The fourth-order valence-corrected chi connectivity index (χ4v) is 3.47. The normalized spacial score (nSPS) is 24.2. The van der Waals surface area contributed by atoms with Gasteiger partial charge in [-0.2, -0.15) is 0 Å². The van der Waals surface area contributed by atoms with Gasteiger partial charge in [-0.1, -0.05) is 0 Å². The van der Waals surface area contributed by atoms with Gasteiger partial charge in [-0.15, -0.1) is 0 Å². The number of amides is 3. The Morgan fingerprint density at radius 1 is 1.29 bits per heavy atom. The van der Waals surface area contributed by atoms with E-state index < -0.39 is 49.1 Å². The molecule has 1 aliphatic heterocycles. The number of hydrogen-bond donors (Lipinski definition) is 7. The van der Waals surface area contributed by atoms with Crippen molar-refractivity contribution in [2.45, 2.75) is 49.8 Å². The molecule has 0 radical (unpaired) electrons. The van der Waals surface area contributed by atoms with Crippen molar-refractivity contribution in [1.82, 2.24) is 30.2 Å². The quantitative estimate of drug-likeness (QED) is 0.201. The number of nitrogens with zero attached hydrogens (tertiary/aromatic N) is 4. The minimum atomic E-state index is -1.21. The number of aliphatic hydroxyl groups excluding tert-OH is 2. The van der Waals surface area contributed by atoms with Crippen LogP contribution in [-0.2, 0) is 9.53 Å². The molecule has 2 aromatic heterocycles. The van der Waals surface area contributed by atoms with Gasteiger partial charge in [0.05, 0.1) is 25.0 Å². The van der Waals surface area contributed by atoms with Crippen LogP contribution in [0.25, 0.3) is 11.2 Å². The highest BCUT2D eigenvalue weighted by molar-refractivity contribution is 5.82. The van der Waals surface area contributed by atoms with E-state index in [0.29, 0.717) is 37.0 Å². The van der Waals surface area contributed by atoms with Crippen LogP contribution in [0.4, 0.5) is 10.6 Å². The third kappa shape index (κ3) is 4.99. The zero-order valence-corrected chi connectivity index (χ0v) is 16.7. The molecular weight excluding hydrogens is 410 g/mol. The number of imidazole rings is 1. The van der Waals surface area contributed by atoms with E-state index in [1.54, 1.807) is 0 Å². The highest BCUT2D eigenvalue weighted by Gasteiger charge is 2.46. The first-order valence-electron chi connectivity index (χ1n) is 9.80. The summed E-state index contributed by atoms with van der Waals surface area (Å²) in [5, 5.41) is 25.6. The van der Waals surface area contributed by atoms with Gasteiger partial charge in [0.15, 0.2) is 17.7 Å². The summed E-state index contributed by atoms with van der Waals surface area (Å²) in [5.74, 6) is -0.312. The van der Waals surface area contributed by atoms with Crippen molar-refractivity contribution in [3.8, 4) is 0 Å². The summed E-state index contributed by atoms with van der Waals surface area (Å²) in [4.78, 5) is 35.3. The van der Waals surface area contributed by atoms with Crippen LogP contribution in [0.15, 0.2) is 12.7 Å². The van der Waals surface area contributed by atoms with E-state index in [-0.39, 0.29) is 5.82 Å². The first kappa shape index (κ1) is 22.6. The molecule has 3 amide bonds. The maximum atomic E-state index is 12.5. The fraction of sp³-hybridized carbons (Fsp3) is 0.588. The van der Waals surface area contributed by atoms with Crippen molar-refractivity contribution in [2.75, 3.05) is 18.9 Å². The lowest BCUT2D eigenvalue weighted by Gasteiger charge is -2.22. The van der Waals surface area contributed by atoms with Crippen molar-refractivity contribution in [2.24, 2.45) is 11.5 Å². The van der Waals surface area contributed by atoms with Gasteiger partial charge in [0, 0.05) is 6.54 Å². The molecule has 1 aliphatic rings. The number of ether oxygens (including phenoxy) is 1. The van der Waals surface area contributed by atoms with Gasteiger partial charge in [-0.3, -0.25) is 9.36 Å². The number of hydrogen-bond acceptors (Lipinski definition) is 10. The number of fused-ring (bicyclic) bond motifs is 1. The van der Waals surface area contributed by atoms with Crippen molar-refractivity contribution in [3.63, 3.8) is 0 Å². The monoisotopic (exact) mass is 437 g/mol. The van der Waals surface area contributed by atoms with Crippen LogP contribution in [0, 0.1) is 0 Å². The van der Waals surface area contributed by atoms with Gasteiger partial charge in [-0.05, 0) is 19.3 Å². The largest absolute Gasteiger partial charge is 0.394 e. The maximum Gasteiger partial charge on any atom is 0.312 e. The minimum absolute atomic E-state index is 0.178. The summed E-state index contributed by atoms with van der Waals surface area (Å²) in [6.07, 6.45) is 1.19. The third-order valence-electron chi connectivity index (χ3n) is 5.10. The Bertz CT molecular complexity index is 923. The molecule has 31 heavy (non-hydrogen) atoms. The summed E-state index contributed by atoms with van der Waals surface area (Å²) in [6.45, 7) is -0.0453. The van der Waals surface area contributed by atoms with Gasteiger partial charge in [0.1, 0.15) is 24.1 Å². The van der Waals surface area contributed by atoms with Crippen LogP contribution >= 0.6 is 0 Å². The molecule has 0 spiro atoms. The van der Waals surface area contributed by atoms with Crippen molar-refractivity contribution in [1.29, 1.82) is 0 Å². The van der Waals surface area contributed by atoms with Crippen LogP contribution in [0.1, 0.15) is 25.5 Å². The Kier molecular flexibility index (Phi) is 7.17. The molecular formula is C17H27N9O5. The highest BCUT2D eigenvalue weighted by Crippen LogP contribution is 2.32. The van der Waals surface area contributed by atoms with E-state index in [1.165, 1.54) is 17.2 Å². The number of urea groups is 1. The number of anilines is 1. The molecule has 170 valence electrons. The predicted molar refractivity (Wildman–Crippen MR) is 108 cm³/mol. The second-order valence-corrected chi connectivity index (χ2v) is 7.25. The Labute approximate surface area is 177 Å². The van der Waals surface area contributed by atoms with Gasteiger partial charge < -0.3 is 42.8 Å². The number of nitrogens with two attached hydrogens (primary N) is 3. The fourth-order valence-electron chi connectivity index (χ4n) is 3.47. The molecule has 0 saturated carbocycles. The van der Waals surface area contributed by atoms with Crippen LogP contribution in [0.5, 0.6) is 0 Å². The summed E-state index contributed by atoms with van der Waals surface area (Å²) in [7, 11) is 0. The Hall–Kier alpha value is -3.07. The van der Waals surface area contributed by atoms with E-state index >= 15 is 0 Å². The lowest BCUT2D eigenvalue weighted by Crippen LogP contribution is -2.53. The summed E-state index contributed by atoms with van der Waals surface area (Å²) in [6, 6.07) is -2.34. The van der Waals surface area contributed by atoms with Crippen molar-refractivity contribution >= 4 is 28.9 Å². The number of carbonyl (C=O) groups excluding carboxylic acids is 2. The van der Waals surface area contributed by atoms with Crippen molar-refractivity contribution in [3.05, 3.63) is 12.7 Å². The first-order chi connectivity index (χ1) is 14.8. The molecule has 14 nitrogen and oxygen atoms in total. The average Bonchev–Trinajstić information content (AvgIpc) is 3.29. The zero-order chi connectivity index (χ0) is 22.5. The molecule has 0 bridgehead atoms. The SMILES string of the molecule is NC(=O)NCCCC[C@@H](N)C(=O)N[C@H]1[C@@H](O)[C@H](n2cnc3c(N)ncnc32)O[C@@H]1CO.